The minimum atomic E-state index is -3.12. The van der Waals surface area contributed by atoms with Crippen LogP contribution in [0, 0.1) is 12.7 Å². The Balaban J connectivity index is 2.39. The Labute approximate surface area is 134 Å². The van der Waals surface area contributed by atoms with Crippen LogP contribution in [-0.4, -0.2) is 30.7 Å². The molecule has 0 aliphatic carbocycles. The highest BCUT2D eigenvalue weighted by atomic mass is 19.3. The highest BCUT2D eigenvalue weighted by Crippen LogP contribution is 2.13. The third-order valence-corrected chi connectivity index (χ3v) is 2.89. The summed E-state index contributed by atoms with van der Waals surface area (Å²) in [5, 5.41) is 4.66. The van der Waals surface area contributed by atoms with Gasteiger partial charge in [0.1, 0.15) is 11.4 Å². The van der Waals surface area contributed by atoms with Crippen LogP contribution >= 0.6 is 0 Å². The predicted octanol–water partition coefficient (Wildman–Crippen LogP) is 3.38. The third-order valence-electron chi connectivity index (χ3n) is 2.89. The van der Waals surface area contributed by atoms with Gasteiger partial charge in [-0.05, 0) is 51.0 Å². The zero-order chi connectivity index (χ0) is 17.7. The maximum absolute atomic E-state index is 13.7. The van der Waals surface area contributed by atoms with Crippen molar-refractivity contribution >= 4 is 6.09 Å². The van der Waals surface area contributed by atoms with E-state index < -0.39 is 30.7 Å². The van der Waals surface area contributed by atoms with E-state index in [-0.39, 0.29) is 12.4 Å². The molecule has 0 spiro atoms. The van der Waals surface area contributed by atoms with E-state index in [4.69, 9.17) is 4.74 Å². The summed E-state index contributed by atoms with van der Waals surface area (Å²) >= 11 is 0. The van der Waals surface area contributed by atoms with Crippen molar-refractivity contribution in [1.29, 1.82) is 0 Å². The van der Waals surface area contributed by atoms with E-state index in [1.807, 2.05) is 5.32 Å². The molecule has 0 bridgehead atoms. The molecule has 23 heavy (non-hydrogen) atoms. The predicted molar refractivity (Wildman–Crippen MR) is 82.0 cm³/mol. The van der Waals surface area contributed by atoms with E-state index in [2.05, 4.69) is 5.32 Å². The normalized spacial score (nSPS) is 12.1. The molecule has 1 aromatic carbocycles. The van der Waals surface area contributed by atoms with Crippen molar-refractivity contribution in [3.05, 3.63) is 35.1 Å². The number of carbonyl (C=O) groups excluding carboxylic acids is 1. The fourth-order valence-electron chi connectivity index (χ4n) is 1.82. The third kappa shape index (κ3) is 7.88. The second-order valence-electron chi connectivity index (χ2n) is 6.39. The zero-order valence-corrected chi connectivity index (χ0v) is 13.8. The minimum absolute atomic E-state index is 0.189. The number of halogens is 3. The van der Waals surface area contributed by atoms with Crippen molar-refractivity contribution in [2.75, 3.05) is 13.1 Å². The van der Waals surface area contributed by atoms with Gasteiger partial charge in [-0.3, -0.25) is 0 Å². The molecule has 0 saturated heterocycles. The number of benzene rings is 1. The lowest BCUT2D eigenvalue weighted by Gasteiger charge is -2.22. The van der Waals surface area contributed by atoms with Gasteiger partial charge in [0.2, 0.25) is 0 Å². The van der Waals surface area contributed by atoms with Crippen molar-refractivity contribution in [2.45, 2.75) is 45.8 Å². The first kappa shape index (κ1) is 19.3. The standard InChI is InChI=1S/C16H23F3N2O2/c1-11-7-13(17)6-5-12(11)8-20-9-16(18,19)10-21-14(22)23-15(2,3)4/h5-7,20H,8-10H2,1-4H3,(H,21,22). The first-order chi connectivity index (χ1) is 10.5. The smallest absolute Gasteiger partial charge is 0.407 e. The van der Waals surface area contributed by atoms with Crippen LogP contribution in [0.2, 0.25) is 0 Å². The summed E-state index contributed by atoms with van der Waals surface area (Å²) in [7, 11) is 0. The van der Waals surface area contributed by atoms with Crippen LogP contribution in [0.1, 0.15) is 31.9 Å². The lowest BCUT2D eigenvalue weighted by molar-refractivity contribution is -0.00377. The van der Waals surface area contributed by atoms with E-state index in [1.165, 1.54) is 12.1 Å². The monoisotopic (exact) mass is 332 g/mol. The Bertz CT molecular complexity index is 543. The van der Waals surface area contributed by atoms with E-state index in [0.717, 1.165) is 5.56 Å². The largest absolute Gasteiger partial charge is 0.444 e. The average Bonchev–Trinajstić information content (AvgIpc) is 2.37. The summed E-state index contributed by atoms with van der Waals surface area (Å²) in [5.41, 5.74) is 0.688. The number of carbonyl (C=O) groups is 1. The summed E-state index contributed by atoms with van der Waals surface area (Å²) in [5.74, 6) is -3.48. The number of ether oxygens (including phenoxy) is 1. The van der Waals surface area contributed by atoms with Gasteiger partial charge >= 0.3 is 6.09 Å². The molecule has 0 unspecified atom stereocenters. The van der Waals surface area contributed by atoms with E-state index in [1.54, 1.807) is 33.8 Å². The quantitative estimate of drug-likeness (QED) is 0.840. The Hall–Kier alpha value is -1.76. The van der Waals surface area contributed by atoms with Gasteiger partial charge in [-0.1, -0.05) is 6.07 Å². The maximum atomic E-state index is 13.7. The van der Waals surface area contributed by atoms with E-state index in [9.17, 15) is 18.0 Å². The Morgan fingerprint density at radius 2 is 1.87 bits per heavy atom. The summed E-state index contributed by atoms with van der Waals surface area (Å²) in [4.78, 5) is 11.4. The van der Waals surface area contributed by atoms with Crippen molar-refractivity contribution in [3.63, 3.8) is 0 Å². The molecule has 0 saturated carbocycles. The van der Waals surface area contributed by atoms with Gasteiger partial charge in [-0.15, -0.1) is 0 Å². The van der Waals surface area contributed by atoms with Crippen molar-refractivity contribution in [1.82, 2.24) is 10.6 Å². The molecule has 0 aliphatic heterocycles. The maximum Gasteiger partial charge on any atom is 0.407 e. The number of hydrogen-bond donors (Lipinski definition) is 2. The molecule has 1 rings (SSSR count). The van der Waals surface area contributed by atoms with Gasteiger partial charge in [-0.25, -0.2) is 18.0 Å². The molecule has 1 aromatic rings. The molecular formula is C16H23F3N2O2. The average molecular weight is 332 g/mol. The number of alkyl carbamates (subject to hydrolysis) is 1. The Morgan fingerprint density at radius 1 is 1.22 bits per heavy atom. The second kappa shape index (κ2) is 7.68. The zero-order valence-electron chi connectivity index (χ0n) is 13.8. The molecule has 0 atom stereocenters. The number of aryl methyl sites for hydroxylation is 1. The topological polar surface area (TPSA) is 50.4 Å². The number of alkyl halides is 2. The van der Waals surface area contributed by atoms with Gasteiger partial charge in [0, 0.05) is 6.54 Å². The molecule has 4 nitrogen and oxygen atoms in total. The molecule has 0 fully saturated rings. The molecular weight excluding hydrogens is 309 g/mol. The minimum Gasteiger partial charge on any atom is -0.444 e. The molecule has 0 radical (unpaired) electrons. The lowest BCUT2D eigenvalue weighted by atomic mass is 10.1. The Morgan fingerprint density at radius 3 is 2.43 bits per heavy atom. The molecule has 7 heteroatoms. The van der Waals surface area contributed by atoms with Crippen molar-refractivity contribution < 1.29 is 22.7 Å². The highest BCUT2D eigenvalue weighted by Gasteiger charge is 2.30. The number of nitrogens with one attached hydrogen (secondary N) is 2. The SMILES string of the molecule is Cc1cc(F)ccc1CNCC(F)(F)CNC(=O)OC(C)(C)C. The van der Waals surface area contributed by atoms with Crippen molar-refractivity contribution in [2.24, 2.45) is 0 Å². The fourth-order valence-corrected chi connectivity index (χ4v) is 1.82. The molecule has 0 aliphatic rings. The summed E-state index contributed by atoms with van der Waals surface area (Å²) in [6.45, 7) is 5.42. The van der Waals surface area contributed by atoms with Gasteiger partial charge in [0.15, 0.2) is 0 Å². The summed E-state index contributed by atoms with van der Waals surface area (Å²) in [6.07, 6.45) is -0.883. The second-order valence-corrected chi connectivity index (χ2v) is 6.39. The van der Waals surface area contributed by atoms with Crippen LogP contribution in [0.15, 0.2) is 18.2 Å². The van der Waals surface area contributed by atoms with E-state index in [0.29, 0.717) is 5.56 Å². The number of rotatable bonds is 6. The van der Waals surface area contributed by atoms with Crippen LogP contribution in [0.3, 0.4) is 0 Å². The molecule has 130 valence electrons. The van der Waals surface area contributed by atoms with Crippen LogP contribution < -0.4 is 10.6 Å². The molecule has 0 heterocycles. The van der Waals surface area contributed by atoms with Crippen LogP contribution in [0.25, 0.3) is 0 Å². The highest BCUT2D eigenvalue weighted by molar-refractivity contribution is 5.67. The van der Waals surface area contributed by atoms with Crippen LogP contribution in [-0.2, 0) is 11.3 Å². The lowest BCUT2D eigenvalue weighted by Crippen LogP contribution is -2.44. The summed E-state index contributed by atoms with van der Waals surface area (Å²) in [6, 6.07) is 4.18. The molecule has 0 aromatic heterocycles. The molecule has 1 amide bonds. The number of hydrogen-bond acceptors (Lipinski definition) is 3. The van der Waals surface area contributed by atoms with Crippen LogP contribution in [0.5, 0.6) is 0 Å². The van der Waals surface area contributed by atoms with Gasteiger partial charge in [0.25, 0.3) is 5.92 Å². The molecule has 2 N–H and O–H groups in total. The van der Waals surface area contributed by atoms with Gasteiger partial charge in [0.05, 0.1) is 13.1 Å². The summed E-state index contributed by atoms with van der Waals surface area (Å²) < 4.78 is 45.2. The van der Waals surface area contributed by atoms with Crippen molar-refractivity contribution in [3.8, 4) is 0 Å². The Kier molecular flexibility index (Phi) is 6.44. The fraction of sp³-hybridized carbons (Fsp3) is 0.562. The first-order valence-corrected chi connectivity index (χ1v) is 7.29. The van der Waals surface area contributed by atoms with Crippen LogP contribution in [0.4, 0.5) is 18.0 Å². The van der Waals surface area contributed by atoms with Gasteiger partial charge < -0.3 is 15.4 Å². The van der Waals surface area contributed by atoms with Gasteiger partial charge in [-0.2, -0.15) is 0 Å². The van der Waals surface area contributed by atoms with E-state index >= 15 is 0 Å². The number of amides is 1. The first-order valence-electron chi connectivity index (χ1n) is 7.29.